The van der Waals surface area contributed by atoms with E-state index in [1.54, 1.807) is 6.07 Å². The van der Waals surface area contributed by atoms with E-state index in [2.05, 4.69) is 9.97 Å². The highest BCUT2D eigenvalue weighted by molar-refractivity contribution is 5.99. The molecule has 44 heavy (non-hydrogen) atoms. The van der Waals surface area contributed by atoms with E-state index in [1.165, 1.54) is 63.9 Å². The summed E-state index contributed by atoms with van der Waals surface area (Å²) in [5.74, 6) is -1.49. The number of pyridine rings is 3. The molecule has 12 heteroatoms. The van der Waals surface area contributed by atoms with Gasteiger partial charge in [0, 0.05) is 42.2 Å². The molecule has 0 N–H and O–H groups in total. The molecule has 0 fully saturated rings. The molecule has 2 aromatic carbocycles. The number of benzene rings is 2. The first-order valence-electron chi connectivity index (χ1n) is 13.2. The van der Waals surface area contributed by atoms with Gasteiger partial charge in [-0.3, -0.25) is 14.6 Å². The van der Waals surface area contributed by atoms with Gasteiger partial charge >= 0.3 is 0 Å². The maximum atomic E-state index is 15.2. The fourth-order valence-corrected chi connectivity index (χ4v) is 4.77. The maximum Gasteiger partial charge on any atom is 0.257 e. The summed E-state index contributed by atoms with van der Waals surface area (Å²) in [5, 5.41) is 0. The highest BCUT2D eigenvalue weighted by Gasteiger charge is 2.22. The van der Waals surface area contributed by atoms with E-state index in [9.17, 15) is 22.8 Å². The van der Waals surface area contributed by atoms with Crippen LogP contribution in [-0.2, 0) is 13.0 Å². The van der Waals surface area contributed by atoms with Crippen LogP contribution in [0.2, 0.25) is 0 Å². The Balaban J connectivity index is 1.45. The smallest absolute Gasteiger partial charge is 0.257 e. The van der Waals surface area contributed by atoms with E-state index in [0.717, 1.165) is 22.8 Å². The summed E-state index contributed by atoms with van der Waals surface area (Å²) in [6.45, 7) is 0.624. The normalized spacial score (nSPS) is 11.2. The number of aromatic nitrogens is 3. The van der Waals surface area contributed by atoms with Crippen molar-refractivity contribution < 1.29 is 36.6 Å². The number of halogens is 4. The number of alkyl halides is 2. The number of nitrogens with zero attached hydrogens (tertiary/aromatic N) is 3. The van der Waals surface area contributed by atoms with Crippen LogP contribution in [0.4, 0.5) is 17.6 Å². The van der Waals surface area contributed by atoms with E-state index in [4.69, 9.17) is 14.2 Å². The van der Waals surface area contributed by atoms with Gasteiger partial charge in [-0.15, -0.1) is 0 Å². The van der Waals surface area contributed by atoms with E-state index >= 15 is 4.39 Å². The lowest BCUT2D eigenvalue weighted by atomic mass is 9.97. The molecule has 3 heterocycles. The Morgan fingerprint density at radius 1 is 0.955 bits per heavy atom. The zero-order chi connectivity index (χ0) is 31.5. The Morgan fingerprint density at radius 3 is 2.36 bits per heavy atom. The predicted molar refractivity (Wildman–Crippen MR) is 154 cm³/mol. The third-order valence-electron chi connectivity index (χ3n) is 6.92. The summed E-state index contributed by atoms with van der Waals surface area (Å²) in [6, 6.07) is 11.9. The number of fused-ring (bicyclic) bond motifs is 1. The number of methoxy groups -OCH3 is 2. The van der Waals surface area contributed by atoms with Crippen molar-refractivity contribution >= 4 is 16.8 Å². The molecule has 0 aliphatic heterocycles. The molecule has 5 rings (SSSR count). The SMILES string of the molecule is COc1cc2nccc(Oc3ccc(CC(=O)c4c(C)n(CC(F)F)cc(-c5ccc(F)cc5)c4=O)cc3F)c2nc1OC. The van der Waals surface area contributed by atoms with Gasteiger partial charge in [0.25, 0.3) is 12.3 Å². The summed E-state index contributed by atoms with van der Waals surface area (Å²) < 4.78 is 72.8. The molecule has 0 spiro atoms. The van der Waals surface area contributed by atoms with Crippen LogP contribution >= 0.6 is 0 Å². The molecule has 5 aromatic rings. The second-order valence-corrected chi connectivity index (χ2v) is 9.73. The molecule has 0 saturated heterocycles. The largest absolute Gasteiger partial charge is 0.491 e. The lowest BCUT2D eigenvalue weighted by molar-refractivity contribution is 0.0986. The third kappa shape index (κ3) is 6.10. The standard InChI is InChI=1S/C32H25F4N3O5/c1-17-29(31(41)21(15-39(17)16-28(35)36)19-5-7-20(33)8-6-19)24(40)13-18-4-9-25(22(34)12-18)44-26-10-11-37-23-14-27(42-2)32(43-3)38-30(23)26/h4-12,14-15,28H,13,16H2,1-3H3. The minimum Gasteiger partial charge on any atom is -0.491 e. The minimum atomic E-state index is -2.77. The Bertz CT molecular complexity index is 1930. The van der Waals surface area contributed by atoms with Crippen LogP contribution < -0.4 is 19.6 Å². The fraction of sp³-hybridized carbons (Fsp3) is 0.188. The number of Topliss-reactive ketones (excluding diaryl/α,β-unsaturated/α-hetero) is 1. The second kappa shape index (κ2) is 12.5. The Kier molecular flexibility index (Phi) is 8.61. The first kappa shape index (κ1) is 30.2. The Morgan fingerprint density at radius 2 is 1.70 bits per heavy atom. The molecule has 8 nitrogen and oxygen atoms in total. The summed E-state index contributed by atoms with van der Waals surface area (Å²) >= 11 is 0. The quantitative estimate of drug-likeness (QED) is 0.131. The van der Waals surface area contributed by atoms with Crippen LogP contribution in [0.3, 0.4) is 0 Å². The average molecular weight is 608 g/mol. The first-order chi connectivity index (χ1) is 21.1. The molecule has 0 aliphatic rings. The molecule has 0 radical (unpaired) electrons. The topological polar surface area (TPSA) is 92.5 Å². The molecule has 0 saturated carbocycles. The Labute approximate surface area is 248 Å². The van der Waals surface area contributed by atoms with Crippen molar-refractivity contribution in [2.45, 2.75) is 26.3 Å². The average Bonchev–Trinajstić information content (AvgIpc) is 2.99. The second-order valence-electron chi connectivity index (χ2n) is 9.73. The van der Waals surface area contributed by atoms with Gasteiger partial charge in [-0.2, -0.15) is 0 Å². The van der Waals surface area contributed by atoms with Crippen molar-refractivity contribution in [3.05, 3.63) is 106 Å². The number of ketones is 1. The number of hydrogen-bond donors (Lipinski definition) is 0. The van der Waals surface area contributed by atoms with Gasteiger partial charge in [-0.1, -0.05) is 18.2 Å². The molecule has 0 atom stereocenters. The number of hydrogen-bond acceptors (Lipinski definition) is 7. The van der Waals surface area contributed by atoms with Crippen molar-refractivity contribution in [1.82, 2.24) is 14.5 Å². The van der Waals surface area contributed by atoms with Crippen molar-refractivity contribution in [2.75, 3.05) is 14.2 Å². The lowest BCUT2D eigenvalue weighted by Crippen LogP contribution is -2.25. The highest BCUT2D eigenvalue weighted by Crippen LogP contribution is 2.35. The van der Waals surface area contributed by atoms with Crippen molar-refractivity contribution in [2.24, 2.45) is 0 Å². The number of carbonyl (C=O) groups is 1. The highest BCUT2D eigenvalue weighted by atomic mass is 19.3. The molecular weight excluding hydrogens is 582 g/mol. The van der Waals surface area contributed by atoms with Crippen LogP contribution in [0.15, 0.2) is 71.8 Å². The summed E-state index contributed by atoms with van der Waals surface area (Å²) in [5.41, 5.74) is 0.170. The van der Waals surface area contributed by atoms with Crippen molar-refractivity contribution in [3.8, 4) is 34.3 Å². The third-order valence-corrected chi connectivity index (χ3v) is 6.92. The predicted octanol–water partition coefficient (Wildman–Crippen LogP) is 6.55. The molecule has 0 bridgehead atoms. The lowest BCUT2D eigenvalue weighted by Gasteiger charge is -2.16. The minimum absolute atomic E-state index is 0.0377. The molecule has 0 aliphatic carbocycles. The van der Waals surface area contributed by atoms with E-state index in [-0.39, 0.29) is 45.3 Å². The van der Waals surface area contributed by atoms with E-state index in [0.29, 0.717) is 16.8 Å². The fourth-order valence-electron chi connectivity index (χ4n) is 4.77. The van der Waals surface area contributed by atoms with E-state index < -0.39 is 42.2 Å². The van der Waals surface area contributed by atoms with Gasteiger partial charge in [0.1, 0.15) is 11.3 Å². The number of ether oxygens (including phenoxy) is 3. The van der Waals surface area contributed by atoms with Gasteiger partial charge < -0.3 is 18.8 Å². The summed E-state index contributed by atoms with van der Waals surface area (Å²) in [4.78, 5) is 35.4. The molecule has 226 valence electrons. The van der Waals surface area contributed by atoms with Gasteiger partial charge in [-0.05, 0) is 42.3 Å². The zero-order valence-corrected chi connectivity index (χ0v) is 23.7. The van der Waals surface area contributed by atoms with Gasteiger partial charge in [0.2, 0.25) is 0 Å². The molecular formula is C32H25F4N3O5. The van der Waals surface area contributed by atoms with Gasteiger partial charge in [-0.25, -0.2) is 22.5 Å². The molecule has 3 aromatic heterocycles. The monoisotopic (exact) mass is 607 g/mol. The van der Waals surface area contributed by atoms with Gasteiger partial charge in [0.05, 0.1) is 31.8 Å². The first-order valence-corrected chi connectivity index (χ1v) is 13.2. The van der Waals surface area contributed by atoms with Crippen LogP contribution in [0, 0.1) is 18.6 Å². The molecule has 0 unspecified atom stereocenters. The summed E-state index contributed by atoms with van der Waals surface area (Å²) in [6.07, 6.45) is -0.480. The van der Waals surface area contributed by atoms with Crippen molar-refractivity contribution in [1.29, 1.82) is 0 Å². The van der Waals surface area contributed by atoms with E-state index in [1.807, 2.05) is 0 Å². The van der Waals surface area contributed by atoms with Crippen LogP contribution in [0.1, 0.15) is 21.6 Å². The van der Waals surface area contributed by atoms with Crippen LogP contribution in [0.5, 0.6) is 23.1 Å². The van der Waals surface area contributed by atoms with Crippen LogP contribution in [-0.4, -0.2) is 41.0 Å². The molecule has 0 amide bonds. The van der Waals surface area contributed by atoms with Crippen LogP contribution in [0.25, 0.3) is 22.2 Å². The summed E-state index contributed by atoms with van der Waals surface area (Å²) in [7, 11) is 2.87. The Hall–Kier alpha value is -5.26. The van der Waals surface area contributed by atoms with Gasteiger partial charge in [0.15, 0.2) is 34.3 Å². The number of rotatable bonds is 10. The van der Waals surface area contributed by atoms with Crippen molar-refractivity contribution in [3.63, 3.8) is 0 Å². The zero-order valence-electron chi connectivity index (χ0n) is 23.7. The maximum absolute atomic E-state index is 15.2. The number of carbonyl (C=O) groups excluding carboxylic acids is 1.